The van der Waals surface area contributed by atoms with Crippen molar-refractivity contribution < 1.29 is 10.2 Å². The van der Waals surface area contributed by atoms with Gasteiger partial charge in [-0.15, -0.1) is 22.7 Å². The Bertz CT molecular complexity index is 1300. The zero-order chi connectivity index (χ0) is 21.9. The van der Waals surface area contributed by atoms with E-state index >= 15 is 0 Å². The van der Waals surface area contributed by atoms with Gasteiger partial charge in [0.15, 0.2) is 0 Å². The van der Waals surface area contributed by atoms with Gasteiger partial charge in [-0.25, -0.2) is 9.97 Å². The van der Waals surface area contributed by atoms with Crippen LogP contribution in [0.1, 0.15) is 0 Å². The SMILES string of the molecule is Oc1ccc(-c2nc3ccccc3s2)cc1.Oc1ccc(-c2nc3ccccc3s2)cc1. The van der Waals surface area contributed by atoms with Crippen molar-refractivity contribution in [3.8, 4) is 32.6 Å². The van der Waals surface area contributed by atoms with Crippen molar-refractivity contribution in [1.29, 1.82) is 0 Å². The van der Waals surface area contributed by atoms with Gasteiger partial charge in [0.05, 0.1) is 20.4 Å². The van der Waals surface area contributed by atoms with E-state index in [1.807, 2.05) is 60.7 Å². The maximum absolute atomic E-state index is 9.23. The second-order valence-electron chi connectivity index (χ2n) is 7.07. The maximum Gasteiger partial charge on any atom is 0.124 e. The highest BCUT2D eigenvalue weighted by atomic mass is 32.1. The molecule has 0 atom stereocenters. The van der Waals surface area contributed by atoms with E-state index in [0.29, 0.717) is 0 Å². The Balaban J connectivity index is 0.000000135. The number of benzene rings is 4. The van der Waals surface area contributed by atoms with Gasteiger partial charge in [0.25, 0.3) is 0 Å². The van der Waals surface area contributed by atoms with Crippen molar-refractivity contribution in [3.63, 3.8) is 0 Å². The summed E-state index contributed by atoms with van der Waals surface area (Å²) in [7, 11) is 0. The van der Waals surface area contributed by atoms with Gasteiger partial charge in [0, 0.05) is 11.1 Å². The lowest BCUT2D eigenvalue weighted by Gasteiger charge is -1.95. The molecule has 2 heterocycles. The molecule has 0 bridgehead atoms. The lowest BCUT2D eigenvalue weighted by molar-refractivity contribution is 0.475. The molecule has 6 aromatic rings. The van der Waals surface area contributed by atoms with Crippen LogP contribution in [0, 0.1) is 0 Å². The number of phenols is 2. The molecule has 0 fully saturated rings. The second-order valence-corrected chi connectivity index (χ2v) is 9.13. The minimum atomic E-state index is 0.282. The predicted octanol–water partition coefficient (Wildman–Crippen LogP) is 7.34. The molecule has 32 heavy (non-hydrogen) atoms. The van der Waals surface area contributed by atoms with Gasteiger partial charge in [0.1, 0.15) is 21.5 Å². The molecule has 0 spiro atoms. The topological polar surface area (TPSA) is 66.2 Å². The summed E-state index contributed by atoms with van der Waals surface area (Å²) in [6, 6.07) is 30.4. The normalized spacial score (nSPS) is 10.8. The van der Waals surface area contributed by atoms with Crippen LogP contribution in [0.15, 0.2) is 97.1 Å². The number of para-hydroxylation sites is 2. The van der Waals surface area contributed by atoms with E-state index in [1.165, 1.54) is 9.40 Å². The van der Waals surface area contributed by atoms with E-state index in [-0.39, 0.29) is 11.5 Å². The van der Waals surface area contributed by atoms with E-state index in [0.717, 1.165) is 32.2 Å². The van der Waals surface area contributed by atoms with Gasteiger partial charge in [-0.3, -0.25) is 0 Å². The van der Waals surface area contributed by atoms with Crippen LogP contribution in [0.3, 0.4) is 0 Å². The highest BCUT2D eigenvalue weighted by Crippen LogP contribution is 2.31. The van der Waals surface area contributed by atoms with Gasteiger partial charge < -0.3 is 10.2 Å². The van der Waals surface area contributed by atoms with Crippen LogP contribution in [0.25, 0.3) is 41.6 Å². The van der Waals surface area contributed by atoms with Crippen molar-refractivity contribution >= 4 is 43.1 Å². The third kappa shape index (κ3) is 4.32. The van der Waals surface area contributed by atoms with Crippen LogP contribution in [0.4, 0.5) is 0 Å². The molecule has 4 nitrogen and oxygen atoms in total. The second kappa shape index (κ2) is 8.78. The van der Waals surface area contributed by atoms with Gasteiger partial charge in [-0.1, -0.05) is 24.3 Å². The molecule has 6 heteroatoms. The summed E-state index contributed by atoms with van der Waals surface area (Å²) in [5, 5.41) is 20.4. The number of aromatic nitrogens is 2. The number of aromatic hydroxyl groups is 2. The summed E-state index contributed by atoms with van der Waals surface area (Å²) in [6.45, 7) is 0. The number of hydrogen-bond donors (Lipinski definition) is 2. The summed E-state index contributed by atoms with van der Waals surface area (Å²) >= 11 is 3.33. The molecule has 0 unspecified atom stereocenters. The Hall–Kier alpha value is -3.74. The van der Waals surface area contributed by atoms with Gasteiger partial charge in [0.2, 0.25) is 0 Å². The highest BCUT2D eigenvalue weighted by Gasteiger charge is 2.06. The fourth-order valence-corrected chi connectivity index (χ4v) is 5.14. The first-order chi connectivity index (χ1) is 15.7. The minimum absolute atomic E-state index is 0.282. The lowest BCUT2D eigenvalue weighted by atomic mass is 10.2. The first kappa shape index (κ1) is 20.2. The van der Waals surface area contributed by atoms with E-state index in [2.05, 4.69) is 22.1 Å². The summed E-state index contributed by atoms with van der Waals surface area (Å²) < 4.78 is 2.37. The Kier molecular flexibility index (Phi) is 5.54. The molecule has 2 N–H and O–H groups in total. The van der Waals surface area contributed by atoms with E-state index in [9.17, 15) is 10.2 Å². The molecule has 6 rings (SSSR count). The van der Waals surface area contributed by atoms with Gasteiger partial charge in [-0.2, -0.15) is 0 Å². The van der Waals surface area contributed by atoms with Crippen molar-refractivity contribution in [2.75, 3.05) is 0 Å². The summed E-state index contributed by atoms with van der Waals surface area (Å²) in [5.74, 6) is 0.565. The summed E-state index contributed by atoms with van der Waals surface area (Å²) in [5.41, 5.74) is 4.13. The molecule has 0 radical (unpaired) electrons. The van der Waals surface area contributed by atoms with Crippen LogP contribution >= 0.6 is 22.7 Å². The van der Waals surface area contributed by atoms with Crippen molar-refractivity contribution in [3.05, 3.63) is 97.1 Å². The largest absolute Gasteiger partial charge is 0.508 e. The fourth-order valence-electron chi connectivity index (χ4n) is 3.20. The Morgan fingerprint density at radius 3 is 1.22 bits per heavy atom. The number of fused-ring (bicyclic) bond motifs is 2. The van der Waals surface area contributed by atoms with Crippen LogP contribution < -0.4 is 0 Å². The standard InChI is InChI=1S/2C13H9NOS/c2*15-10-7-5-9(6-8-10)13-14-11-3-1-2-4-12(11)16-13/h2*1-8,15H. The summed E-state index contributed by atoms with van der Waals surface area (Å²) in [4.78, 5) is 9.10. The number of thiazole rings is 2. The number of rotatable bonds is 2. The monoisotopic (exact) mass is 454 g/mol. The van der Waals surface area contributed by atoms with Gasteiger partial charge in [-0.05, 0) is 72.8 Å². The molecule has 0 saturated carbocycles. The van der Waals surface area contributed by atoms with Crippen LogP contribution in [-0.4, -0.2) is 20.2 Å². The van der Waals surface area contributed by atoms with Crippen molar-refractivity contribution in [2.45, 2.75) is 0 Å². The molecule has 4 aromatic carbocycles. The zero-order valence-electron chi connectivity index (χ0n) is 16.8. The number of phenolic OH excluding ortho intramolecular Hbond substituents is 2. The first-order valence-electron chi connectivity index (χ1n) is 9.96. The average molecular weight is 455 g/mol. The Morgan fingerprint density at radius 1 is 0.469 bits per heavy atom. The molecule has 0 amide bonds. The van der Waals surface area contributed by atoms with Crippen LogP contribution in [-0.2, 0) is 0 Å². The average Bonchev–Trinajstić information content (AvgIpc) is 3.45. The first-order valence-corrected chi connectivity index (χ1v) is 11.6. The quantitative estimate of drug-likeness (QED) is 0.287. The van der Waals surface area contributed by atoms with E-state index in [4.69, 9.17) is 0 Å². The van der Waals surface area contributed by atoms with Crippen LogP contribution in [0.2, 0.25) is 0 Å². The molecule has 0 saturated heterocycles. The lowest BCUT2D eigenvalue weighted by Crippen LogP contribution is -1.74. The summed E-state index contributed by atoms with van der Waals surface area (Å²) in [6.07, 6.45) is 0. The van der Waals surface area contributed by atoms with Crippen LogP contribution in [0.5, 0.6) is 11.5 Å². The molecular weight excluding hydrogens is 436 g/mol. The van der Waals surface area contributed by atoms with E-state index in [1.54, 1.807) is 46.9 Å². The van der Waals surface area contributed by atoms with Crippen molar-refractivity contribution in [2.24, 2.45) is 0 Å². The molecule has 0 aliphatic carbocycles. The third-order valence-electron chi connectivity index (χ3n) is 4.82. The van der Waals surface area contributed by atoms with Crippen molar-refractivity contribution in [1.82, 2.24) is 9.97 Å². The fraction of sp³-hybridized carbons (Fsp3) is 0. The highest BCUT2D eigenvalue weighted by molar-refractivity contribution is 7.22. The third-order valence-corrected chi connectivity index (χ3v) is 6.99. The Morgan fingerprint density at radius 2 is 0.844 bits per heavy atom. The molecule has 156 valence electrons. The maximum atomic E-state index is 9.23. The zero-order valence-corrected chi connectivity index (χ0v) is 18.5. The molecule has 0 aliphatic rings. The Labute approximate surface area is 192 Å². The smallest absolute Gasteiger partial charge is 0.124 e. The predicted molar refractivity (Wildman–Crippen MR) is 133 cm³/mol. The molecule has 0 aliphatic heterocycles. The van der Waals surface area contributed by atoms with E-state index < -0.39 is 0 Å². The molecule has 2 aromatic heterocycles. The number of hydrogen-bond acceptors (Lipinski definition) is 6. The van der Waals surface area contributed by atoms with Gasteiger partial charge >= 0.3 is 0 Å². The minimum Gasteiger partial charge on any atom is -0.508 e. The molecular formula is C26H18N2O2S2. The number of nitrogens with zero attached hydrogens (tertiary/aromatic N) is 2.